The second kappa shape index (κ2) is 6.10. The molecule has 1 unspecified atom stereocenters. The zero-order chi connectivity index (χ0) is 16.4. The van der Waals surface area contributed by atoms with Crippen molar-refractivity contribution in [3.8, 4) is 0 Å². The summed E-state index contributed by atoms with van der Waals surface area (Å²) in [7, 11) is 0. The standard InChI is InChI=1S/C18H18N2O2S/c1-3-18(22,13-7-5-4-6-8-13)16(21)20-17-19-14-10-9-12(2)11-15(14)23-17/h4-11,22H,3H2,1-2H3,(H,19,20,21). The summed E-state index contributed by atoms with van der Waals surface area (Å²) in [5.41, 5.74) is 1.01. The molecule has 1 atom stereocenters. The number of thiazole rings is 1. The Labute approximate surface area is 138 Å². The van der Waals surface area contributed by atoms with E-state index in [1.165, 1.54) is 11.3 Å². The van der Waals surface area contributed by atoms with Gasteiger partial charge in [0.05, 0.1) is 10.2 Å². The molecule has 118 valence electrons. The van der Waals surface area contributed by atoms with Gasteiger partial charge in [-0.05, 0) is 36.6 Å². The van der Waals surface area contributed by atoms with E-state index < -0.39 is 11.5 Å². The molecule has 0 fully saturated rings. The van der Waals surface area contributed by atoms with Crippen molar-refractivity contribution in [3.63, 3.8) is 0 Å². The minimum Gasteiger partial charge on any atom is -0.375 e. The quantitative estimate of drug-likeness (QED) is 0.766. The molecule has 4 nitrogen and oxygen atoms in total. The summed E-state index contributed by atoms with van der Waals surface area (Å²) in [6.07, 6.45) is 0.285. The van der Waals surface area contributed by atoms with E-state index >= 15 is 0 Å². The van der Waals surface area contributed by atoms with Gasteiger partial charge >= 0.3 is 0 Å². The highest BCUT2D eigenvalue weighted by molar-refractivity contribution is 7.22. The zero-order valence-corrected chi connectivity index (χ0v) is 13.9. The lowest BCUT2D eigenvalue weighted by Crippen LogP contribution is -2.39. The Morgan fingerprint density at radius 3 is 2.70 bits per heavy atom. The van der Waals surface area contributed by atoms with Crippen molar-refractivity contribution in [2.24, 2.45) is 0 Å². The fourth-order valence-electron chi connectivity index (χ4n) is 2.50. The molecule has 0 aliphatic heterocycles. The molecule has 0 saturated heterocycles. The summed E-state index contributed by atoms with van der Waals surface area (Å²) in [5, 5.41) is 14.1. The highest BCUT2D eigenvalue weighted by Gasteiger charge is 2.36. The van der Waals surface area contributed by atoms with Crippen molar-refractivity contribution < 1.29 is 9.90 Å². The number of carbonyl (C=O) groups excluding carboxylic acids is 1. The summed E-state index contributed by atoms with van der Waals surface area (Å²) in [6.45, 7) is 3.80. The van der Waals surface area contributed by atoms with E-state index in [4.69, 9.17) is 0 Å². The van der Waals surface area contributed by atoms with Crippen LogP contribution in [0.2, 0.25) is 0 Å². The lowest BCUT2D eigenvalue weighted by atomic mass is 9.90. The molecule has 1 aromatic heterocycles. The molecular weight excluding hydrogens is 308 g/mol. The van der Waals surface area contributed by atoms with Crippen LogP contribution in [-0.4, -0.2) is 16.0 Å². The van der Waals surface area contributed by atoms with Gasteiger partial charge in [0.25, 0.3) is 5.91 Å². The number of nitrogens with zero attached hydrogens (tertiary/aromatic N) is 1. The Balaban J connectivity index is 1.89. The van der Waals surface area contributed by atoms with E-state index in [2.05, 4.69) is 10.3 Å². The lowest BCUT2D eigenvalue weighted by molar-refractivity contribution is -0.135. The first kappa shape index (κ1) is 15.6. The molecule has 0 spiro atoms. The average Bonchev–Trinajstić information content (AvgIpc) is 2.96. The molecule has 0 saturated carbocycles. The van der Waals surface area contributed by atoms with Crippen molar-refractivity contribution in [2.45, 2.75) is 25.9 Å². The smallest absolute Gasteiger partial charge is 0.262 e. The third-order valence-electron chi connectivity index (χ3n) is 3.90. The van der Waals surface area contributed by atoms with Crippen LogP contribution in [0.5, 0.6) is 0 Å². The maximum Gasteiger partial charge on any atom is 0.262 e. The number of amides is 1. The molecule has 1 heterocycles. The minimum atomic E-state index is -1.56. The number of anilines is 1. The molecule has 5 heteroatoms. The molecule has 1 amide bonds. The van der Waals surface area contributed by atoms with Gasteiger partial charge in [-0.3, -0.25) is 10.1 Å². The van der Waals surface area contributed by atoms with Crippen LogP contribution >= 0.6 is 11.3 Å². The molecule has 2 N–H and O–H groups in total. The second-order valence-corrected chi connectivity index (χ2v) is 6.55. The molecule has 0 aliphatic carbocycles. The van der Waals surface area contributed by atoms with Gasteiger partial charge in [-0.1, -0.05) is 54.7 Å². The number of benzene rings is 2. The third-order valence-corrected chi connectivity index (χ3v) is 4.84. The summed E-state index contributed by atoms with van der Waals surface area (Å²) < 4.78 is 1.01. The molecule has 0 bridgehead atoms. The van der Waals surface area contributed by atoms with E-state index in [9.17, 15) is 9.90 Å². The zero-order valence-electron chi connectivity index (χ0n) is 13.0. The first-order valence-electron chi connectivity index (χ1n) is 7.49. The summed E-state index contributed by atoms with van der Waals surface area (Å²) in [6, 6.07) is 14.9. The molecular formula is C18H18N2O2S. The molecule has 3 rings (SSSR count). The number of aryl methyl sites for hydroxylation is 1. The molecule has 3 aromatic rings. The van der Waals surface area contributed by atoms with Gasteiger partial charge in [-0.2, -0.15) is 0 Å². The first-order chi connectivity index (χ1) is 11.0. The van der Waals surface area contributed by atoms with E-state index in [1.807, 2.05) is 43.3 Å². The highest BCUT2D eigenvalue weighted by atomic mass is 32.1. The van der Waals surface area contributed by atoms with Crippen LogP contribution in [0.15, 0.2) is 48.5 Å². The number of fused-ring (bicyclic) bond motifs is 1. The Morgan fingerprint density at radius 2 is 2.00 bits per heavy atom. The summed E-state index contributed by atoms with van der Waals surface area (Å²) >= 11 is 1.41. The minimum absolute atomic E-state index is 0.285. The Kier molecular flexibility index (Phi) is 4.15. The molecule has 0 aliphatic rings. The van der Waals surface area contributed by atoms with E-state index in [1.54, 1.807) is 19.1 Å². The summed E-state index contributed by atoms with van der Waals surface area (Å²) in [5.74, 6) is -0.457. The SMILES string of the molecule is CCC(O)(C(=O)Nc1nc2ccc(C)cc2s1)c1ccccc1. The lowest BCUT2D eigenvalue weighted by Gasteiger charge is -2.25. The number of hydrogen-bond acceptors (Lipinski definition) is 4. The Hall–Kier alpha value is -2.24. The van der Waals surface area contributed by atoms with Gasteiger partial charge in [0.2, 0.25) is 0 Å². The van der Waals surface area contributed by atoms with Crippen molar-refractivity contribution in [2.75, 3.05) is 5.32 Å². The average molecular weight is 326 g/mol. The van der Waals surface area contributed by atoms with Crippen LogP contribution in [0.25, 0.3) is 10.2 Å². The monoisotopic (exact) mass is 326 g/mol. The topological polar surface area (TPSA) is 62.2 Å². The third kappa shape index (κ3) is 2.98. The largest absolute Gasteiger partial charge is 0.375 e. The number of nitrogens with one attached hydrogen (secondary N) is 1. The Morgan fingerprint density at radius 1 is 1.26 bits per heavy atom. The Bertz CT molecular complexity index is 845. The van der Waals surface area contributed by atoms with Crippen LogP contribution in [0.4, 0.5) is 5.13 Å². The predicted molar refractivity (Wildman–Crippen MR) is 93.6 cm³/mol. The number of aliphatic hydroxyl groups is 1. The van der Waals surface area contributed by atoms with E-state index in [-0.39, 0.29) is 6.42 Å². The number of hydrogen-bond donors (Lipinski definition) is 2. The van der Waals surface area contributed by atoms with Gasteiger partial charge in [0.1, 0.15) is 0 Å². The van der Waals surface area contributed by atoms with Gasteiger partial charge in [-0.15, -0.1) is 0 Å². The van der Waals surface area contributed by atoms with Gasteiger partial charge < -0.3 is 5.11 Å². The van der Waals surface area contributed by atoms with Crippen LogP contribution in [0, 0.1) is 6.92 Å². The van der Waals surface area contributed by atoms with E-state index in [0.29, 0.717) is 10.7 Å². The van der Waals surface area contributed by atoms with Crippen LogP contribution in [-0.2, 0) is 10.4 Å². The van der Waals surface area contributed by atoms with Gasteiger partial charge in [0.15, 0.2) is 10.7 Å². The van der Waals surface area contributed by atoms with E-state index in [0.717, 1.165) is 15.8 Å². The van der Waals surface area contributed by atoms with Crippen LogP contribution < -0.4 is 5.32 Å². The number of carbonyl (C=O) groups is 1. The molecule has 0 radical (unpaired) electrons. The van der Waals surface area contributed by atoms with Crippen molar-refractivity contribution >= 4 is 32.6 Å². The number of aromatic nitrogens is 1. The molecule has 23 heavy (non-hydrogen) atoms. The van der Waals surface area contributed by atoms with Crippen molar-refractivity contribution in [3.05, 3.63) is 59.7 Å². The van der Waals surface area contributed by atoms with Crippen molar-refractivity contribution in [1.82, 2.24) is 4.98 Å². The molecule has 2 aromatic carbocycles. The van der Waals surface area contributed by atoms with Gasteiger partial charge in [0, 0.05) is 0 Å². The predicted octanol–water partition coefficient (Wildman–Crippen LogP) is 3.84. The first-order valence-corrected chi connectivity index (χ1v) is 8.31. The highest BCUT2D eigenvalue weighted by Crippen LogP contribution is 2.30. The van der Waals surface area contributed by atoms with Gasteiger partial charge in [-0.25, -0.2) is 4.98 Å². The normalized spacial score (nSPS) is 13.7. The number of rotatable bonds is 4. The maximum absolute atomic E-state index is 12.6. The van der Waals surface area contributed by atoms with Crippen molar-refractivity contribution in [1.29, 1.82) is 0 Å². The fourth-order valence-corrected chi connectivity index (χ4v) is 3.45. The van der Waals surface area contributed by atoms with Crippen LogP contribution in [0.3, 0.4) is 0 Å². The maximum atomic E-state index is 12.6. The second-order valence-electron chi connectivity index (χ2n) is 5.52. The van der Waals surface area contributed by atoms with Crippen LogP contribution in [0.1, 0.15) is 24.5 Å². The summed E-state index contributed by atoms with van der Waals surface area (Å²) in [4.78, 5) is 17.0. The fraction of sp³-hybridized carbons (Fsp3) is 0.222.